The van der Waals surface area contributed by atoms with Gasteiger partial charge in [-0.2, -0.15) is 5.16 Å². The number of H-pyrrole nitrogens is 1. The molecule has 0 atom stereocenters. The smallest absolute Gasteiger partial charge is 0.293 e. The van der Waals surface area contributed by atoms with Crippen molar-refractivity contribution in [3.63, 3.8) is 0 Å². The van der Waals surface area contributed by atoms with Gasteiger partial charge in [0.05, 0.1) is 11.6 Å². The molecule has 3 aromatic heterocycles. The van der Waals surface area contributed by atoms with E-state index in [-0.39, 0.29) is 40.9 Å². The van der Waals surface area contributed by atoms with Crippen LogP contribution in [0.1, 0.15) is 0 Å². The van der Waals surface area contributed by atoms with Gasteiger partial charge in [0.15, 0.2) is 17.0 Å². The summed E-state index contributed by atoms with van der Waals surface area (Å²) in [6, 6.07) is 0.859. The second-order valence-electron chi connectivity index (χ2n) is 5.60. The average molecular weight is 374 g/mol. The number of hydrogen-bond acceptors (Lipinski definition) is 7. The molecule has 0 saturated carbocycles. The summed E-state index contributed by atoms with van der Waals surface area (Å²) in [5.41, 5.74) is 2.67. The van der Waals surface area contributed by atoms with Gasteiger partial charge in [-0.3, -0.25) is 19.1 Å². The first-order valence-electron chi connectivity index (χ1n) is 7.82. The Labute approximate surface area is 148 Å². The van der Waals surface area contributed by atoms with Crippen LogP contribution >= 0.6 is 0 Å². The molecule has 1 aromatic carbocycles. The molecule has 0 aliphatic rings. The summed E-state index contributed by atoms with van der Waals surface area (Å²) < 4.78 is 35.8. The van der Waals surface area contributed by atoms with Crippen LogP contribution in [0.2, 0.25) is 0 Å². The van der Waals surface area contributed by atoms with E-state index in [2.05, 4.69) is 15.3 Å². The van der Waals surface area contributed by atoms with E-state index in [1.807, 2.05) is 5.16 Å². The van der Waals surface area contributed by atoms with Crippen molar-refractivity contribution in [3.05, 3.63) is 56.9 Å². The van der Waals surface area contributed by atoms with Gasteiger partial charge in [0.25, 0.3) is 5.56 Å². The summed E-state index contributed by atoms with van der Waals surface area (Å²) in [7, 11) is 0. The van der Waals surface area contributed by atoms with E-state index < -0.39 is 28.3 Å². The Morgan fingerprint density at radius 1 is 1.30 bits per heavy atom. The Hall–Kier alpha value is -3.60. The summed E-state index contributed by atoms with van der Waals surface area (Å²) >= 11 is 0. The van der Waals surface area contributed by atoms with Crippen molar-refractivity contribution in [2.24, 2.45) is 5.73 Å². The van der Waals surface area contributed by atoms with E-state index in [0.29, 0.717) is 0 Å². The predicted molar refractivity (Wildman–Crippen MR) is 93.0 cm³/mol. The van der Waals surface area contributed by atoms with E-state index in [9.17, 15) is 14.0 Å². The fourth-order valence-electron chi connectivity index (χ4n) is 2.87. The first-order chi connectivity index (χ1) is 13.0. The number of halogens is 2. The Morgan fingerprint density at radius 3 is 2.81 bits per heavy atom. The van der Waals surface area contributed by atoms with Crippen molar-refractivity contribution < 1.29 is 13.3 Å². The summed E-state index contributed by atoms with van der Waals surface area (Å²) in [5, 5.41) is 3.87. The summed E-state index contributed by atoms with van der Waals surface area (Å²) in [4.78, 5) is 32.6. The topological polar surface area (TPSA) is 132 Å². The lowest BCUT2D eigenvalue weighted by Gasteiger charge is -2.14. The van der Waals surface area contributed by atoms with E-state index >= 15 is 4.39 Å². The zero-order chi connectivity index (χ0) is 19.1. The third-order valence-corrected chi connectivity index (χ3v) is 4.00. The first-order valence-corrected chi connectivity index (χ1v) is 7.82. The van der Waals surface area contributed by atoms with E-state index in [1.165, 1.54) is 18.6 Å². The lowest BCUT2D eigenvalue weighted by molar-refractivity contribution is 0.436. The SMILES string of the molecule is NCCNc1c(F)cc2c(=O)c3c(=O)[nH]oc3n(-c3cnccn3)c2c1F. The number of benzene rings is 1. The highest BCUT2D eigenvalue weighted by atomic mass is 19.1. The number of fused-ring (bicyclic) bond motifs is 2. The van der Waals surface area contributed by atoms with Crippen LogP contribution in [0.3, 0.4) is 0 Å². The molecule has 0 unspecified atom stereocenters. The lowest BCUT2D eigenvalue weighted by Crippen LogP contribution is -2.19. The number of pyridine rings is 1. The maximum atomic E-state index is 15.2. The molecule has 4 aromatic rings. The number of nitrogens with zero attached hydrogens (tertiary/aromatic N) is 3. The number of nitrogens with one attached hydrogen (secondary N) is 2. The minimum absolute atomic E-state index is 0.0746. The molecule has 0 radical (unpaired) electrons. The van der Waals surface area contributed by atoms with Crippen molar-refractivity contribution in [1.29, 1.82) is 0 Å². The molecule has 138 valence electrons. The van der Waals surface area contributed by atoms with Crippen molar-refractivity contribution in [2.75, 3.05) is 18.4 Å². The maximum Gasteiger partial charge on any atom is 0.293 e. The van der Waals surface area contributed by atoms with Gasteiger partial charge in [0.2, 0.25) is 11.1 Å². The molecule has 11 heteroatoms. The highest BCUT2D eigenvalue weighted by molar-refractivity contribution is 5.94. The van der Waals surface area contributed by atoms with Crippen LogP contribution in [0.5, 0.6) is 0 Å². The lowest BCUT2D eigenvalue weighted by atomic mass is 10.1. The number of aromatic nitrogens is 4. The minimum Gasteiger partial charge on any atom is -0.379 e. The van der Waals surface area contributed by atoms with E-state index in [0.717, 1.165) is 10.6 Å². The van der Waals surface area contributed by atoms with Crippen LogP contribution in [0, 0.1) is 11.6 Å². The molecule has 0 amide bonds. The van der Waals surface area contributed by atoms with E-state index in [1.54, 1.807) is 0 Å². The molecule has 3 heterocycles. The fraction of sp³-hybridized carbons (Fsp3) is 0.125. The molecule has 27 heavy (non-hydrogen) atoms. The maximum absolute atomic E-state index is 15.2. The molecule has 0 bridgehead atoms. The zero-order valence-corrected chi connectivity index (χ0v) is 13.6. The van der Waals surface area contributed by atoms with Gasteiger partial charge in [-0.1, -0.05) is 0 Å². The minimum atomic E-state index is -1.05. The highest BCUT2D eigenvalue weighted by Gasteiger charge is 2.25. The number of nitrogens with two attached hydrogens (primary N) is 1. The van der Waals surface area contributed by atoms with E-state index in [4.69, 9.17) is 10.3 Å². The fourth-order valence-corrected chi connectivity index (χ4v) is 2.87. The Balaban J connectivity index is 2.24. The van der Waals surface area contributed by atoms with Crippen molar-refractivity contribution in [1.82, 2.24) is 19.7 Å². The van der Waals surface area contributed by atoms with Crippen molar-refractivity contribution in [2.45, 2.75) is 0 Å². The van der Waals surface area contributed by atoms with Gasteiger partial charge in [-0.25, -0.2) is 13.8 Å². The molecule has 9 nitrogen and oxygen atoms in total. The monoisotopic (exact) mass is 374 g/mol. The molecular formula is C16H12F2N6O3. The highest BCUT2D eigenvalue weighted by Crippen LogP contribution is 2.30. The van der Waals surface area contributed by atoms with Gasteiger partial charge in [0.1, 0.15) is 17.0 Å². The molecule has 0 spiro atoms. The Bertz CT molecular complexity index is 1280. The van der Waals surface area contributed by atoms with Crippen LogP contribution in [0.4, 0.5) is 14.5 Å². The summed E-state index contributed by atoms with van der Waals surface area (Å²) in [5.74, 6) is -1.96. The van der Waals surface area contributed by atoms with Crippen LogP contribution < -0.4 is 22.0 Å². The number of rotatable bonds is 4. The number of hydrogen-bond donors (Lipinski definition) is 3. The van der Waals surface area contributed by atoms with Crippen molar-refractivity contribution >= 4 is 27.7 Å². The first kappa shape index (κ1) is 16.8. The van der Waals surface area contributed by atoms with Crippen molar-refractivity contribution in [3.8, 4) is 5.82 Å². The van der Waals surface area contributed by atoms with Crippen LogP contribution in [-0.4, -0.2) is 32.8 Å². The molecule has 4 rings (SSSR count). The zero-order valence-electron chi connectivity index (χ0n) is 13.6. The largest absolute Gasteiger partial charge is 0.379 e. The number of anilines is 1. The van der Waals surface area contributed by atoms with Crippen LogP contribution in [0.25, 0.3) is 27.8 Å². The molecule has 0 fully saturated rings. The third kappa shape index (κ3) is 2.47. The molecular weight excluding hydrogens is 362 g/mol. The second kappa shape index (κ2) is 6.29. The molecule has 4 N–H and O–H groups in total. The Kier molecular flexibility index (Phi) is 3.92. The molecule has 0 aliphatic heterocycles. The normalized spacial score (nSPS) is 11.4. The third-order valence-electron chi connectivity index (χ3n) is 4.00. The predicted octanol–water partition coefficient (Wildman–Crippen LogP) is 0.864. The molecule has 0 saturated heterocycles. The standard InChI is InChI=1S/C16H12F2N6O3/c17-8-5-7-13(11(18)12(8)22-2-1-19)24(9-6-20-3-4-21-9)16-10(14(7)25)15(26)23-27-16/h3-6,22H,1-2,19H2,(H,23,26). The van der Waals surface area contributed by atoms with Crippen LogP contribution in [-0.2, 0) is 0 Å². The summed E-state index contributed by atoms with van der Waals surface area (Å²) in [6.45, 7) is 0.246. The quantitative estimate of drug-likeness (QED) is 0.483. The van der Waals surface area contributed by atoms with Gasteiger partial charge >= 0.3 is 0 Å². The van der Waals surface area contributed by atoms with Crippen LogP contribution in [0.15, 0.2) is 38.8 Å². The average Bonchev–Trinajstić information content (AvgIpc) is 3.05. The van der Waals surface area contributed by atoms with Gasteiger partial charge in [0, 0.05) is 25.5 Å². The molecule has 0 aliphatic carbocycles. The summed E-state index contributed by atoms with van der Waals surface area (Å²) in [6.07, 6.45) is 4.01. The van der Waals surface area contributed by atoms with Gasteiger partial charge in [-0.15, -0.1) is 0 Å². The van der Waals surface area contributed by atoms with Gasteiger partial charge < -0.3 is 15.6 Å². The second-order valence-corrected chi connectivity index (χ2v) is 5.60. The Morgan fingerprint density at radius 2 is 2.11 bits per heavy atom. The van der Waals surface area contributed by atoms with Gasteiger partial charge in [-0.05, 0) is 6.07 Å². The number of aromatic amines is 1.